The Kier molecular flexibility index (Phi) is 16.6. The third-order valence-corrected chi connectivity index (χ3v) is 3.81. The van der Waals surface area contributed by atoms with Gasteiger partial charge >= 0.3 is 0 Å². The van der Waals surface area contributed by atoms with Crippen LogP contribution in [0.5, 0.6) is 0 Å². The first-order chi connectivity index (χ1) is 14.9. The first-order valence-electron chi connectivity index (χ1n) is 10.2. The van der Waals surface area contributed by atoms with E-state index in [1.165, 1.54) is 0 Å². The SMILES string of the molecule is OCC#CCCCCOCC#Cc1ccccc1C#CCOCCCCC#CCO. The molecule has 0 radical (unpaired) electrons. The molecule has 0 aromatic heterocycles. The number of hydrogen-bond donors (Lipinski definition) is 2. The van der Waals surface area contributed by atoms with E-state index in [9.17, 15) is 0 Å². The summed E-state index contributed by atoms with van der Waals surface area (Å²) in [4.78, 5) is 0. The van der Waals surface area contributed by atoms with Crippen LogP contribution in [0, 0.1) is 47.4 Å². The highest BCUT2D eigenvalue weighted by atomic mass is 16.5. The Morgan fingerprint density at radius 3 is 1.50 bits per heavy atom. The standard InChI is InChI=1S/C26H30O4/c27-19-9-3-1-5-11-21-29-23-13-17-25-15-7-8-16-26(25)18-14-24-30-22-12-6-2-4-10-20-28/h7-8,15-16,27-28H,1-2,5-6,11-12,19-24H2. The zero-order valence-electron chi connectivity index (χ0n) is 17.5. The normalized spacial score (nSPS) is 9.13. The second-order valence-corrected chi connectivity index (χ2v) is 6.19. The van der Waals surface area contributed by atoms with Crippen molar-refractivity contribution in [1.82, 2.24) is 0 Å². The molecule has 30 heavy (non-hydrogen) atoms. The fourth-order valence-corrected chi connectivity index (χ4v) is 2.33. The molecule has 0 unspecified atom stereocenters. The first kappa shape index (κ1) is 25.3. The van der Waals surface area contributed by atoms with Gasteiger partial charge in [-0.25, -0.2) is 0 Å². The van der Waals surface area contributed by atoms with E-state index in [0.29, 0.717) is 26.4 Å². The maximum Gasteiger partial charge on any atom is 0.108 e. The van der Waals surface area contributed by atoms with Gasteiger partial charge in [-0.2, -0.15) is 0 Å². The molecule has 0 saturated heterocycles. The van der Waals surface area contributed by atoms with Crippen LogP contribution in [0.2, 0.25) is 0 Å². The van der Waals surface area contributed by atoms with E-state index in [1.807, 2.05) is 24.3 Å². The Bertz CT molecular complexity index is 757. The van der Waals surface area contributed by atoms with E-state index in [0.717, 1.165) is 49.7 Å². The lowest BCUT2D eigenvalue weighted by Crippen LogP contribution is -1.95. The molecule has 0 atom stereocenters. The van der Waals surface area contributed by atoms with Crippen LogP contribution >= 0.6 is 0 Å². The van der Waals surface area contributed by atoms with Crippen molar-refractivity contribution in [2.75, 3.05) is 39.6 Å². The molecule has 0 aliphatic rings. The Labute approximate surface area is 181 Å². The maximum atomic E-state index is 8.56. The van der Waals surface area contributed by atoms with Gasteiger partial charge in [-0.3, -0.25) is 0 Å². The summed E-state index contributed by atoms with van der Waals surface area (Å²) in [6, 6.07) is 7.79. The Morgan fingerprint density at radius 2 is 1.07 bits per heavy atom. The van der Waals surface area contributed by atoms with Gasteiger partial charge in [0.05, 0.1) is 0 Å². The van der Waals surface area contributed by atoms with Gasteiger partial charge in [0.25, 0.3) is 0 Å². The largest absolute Gasteiger partial charge is 0.384 e. The molecular weight excluding hydrogens is 376 g/mol. The number of hydrogen-bond acceptors (Lipinski definition) is 4. The Morgan fingerprint density at radius 1 is 0.600 bits per heavy atom. The van der Waals surface area contributed by atoms with E-state index < -0.39 is 0 Å². The molecule has 4 heteroatoms. The molecule has 158 valence electrons. The van der Waals surface area contributed by atoms with Gasteiger partial charge in [0.1, 0.15) is 26.4 Å². The van der Waals surface area contributed by atoms with Crippen molar-refractivity contribution in [2.45, 2.75) is 38.5 Å². The lowest BCUT2D eigenvalue weighted by molar-refractivity contribution is 0.162. The summed E-state index contributed by atoms with van der Waals surface area (Å²) in [6.07, 6.45) is 5.34. The van der Waals surface area contributed by atoms with Gasteiger partial charge in [-0.15, -0.1) is 11.8 Å². The van der Waals surface area contributed by atoms with E-state index in [4.69, 9.17) is 19.7 Å². The van der Waals surface area contributed by atoms with Crippen LogP contribution in [0.4, 0.5) is 0 Å². The number of ether oxygens (including phenoxy) is 2. The van der Waals surface area contributed by atoms with E-state index in [-0.39, 0.29) is 13.2 Å². The smallest absolute Gasteiger partial charge is 0.108 e. The molecule has 1 rings (SSSR count). The minimum absolute atomic E-state index is 0.0757. The second-order valence-electron chi connectivity index (χ2n) is 6.19. The summed E-state index contributed by atoms with van der Waals surface area (Å²) >= 11 is 0. The van der Waals surface area contributed by atoms with Crippen molar-refractivity contribution in [1.29, 1.82) is 0 Å². The molecular formula is C26H30O4. The summed E-state index contributed by atoms with van der Waals surface area (Å²) in [7, 11) is 0. The van der Waals surface area contributed by atoms with Crippen LogP contribution in [0.1, 0.15) is 49.7 Å². The number of unbranched alkanes of at least 4 members (excludes halogenated alkanes) is 4. The molecule has 0 spiro atoms. The van der Waals surface area contributed by atoms with Crippen LogP contribution < -0.4 is 0 Å². The molecule has 0 amide bonds. The molecule has 1 aromatic carbocycles. The van der Waals surface area contributed by atoms with Crippen molar-refractivity contribution in [3.63, 3.8) is 0 Å². The molecule has 2 N–H and O–H groups in total. The van der Waals surface area contributed by atoms with E-state index >= 15 is 0 Å². The minimum Gasteiger partial charge on any atom is -0.384 e. The van der Waals surface area contributed by atoms with Gasteiger partial charge in [0.2, 0.25) is 0 Å². The van der Waals surface area contributed by atoms with Gasteiger partial charge in [0, 0.05) is 37.2 Å². The molecule has 0 saturated carbocycles. The average molecular weight is 407 g/mol. The molecule has 4 nitrogen and oxygen atoms in total. The number of aliphatic hydroxyl groups excluding tert-OH is 2. The van der Waals surface area contributed by atoms with Gasteiger partial charge in [-0.1, -0.05) is 47.7 Å². The van der Waals surface area contributed by atoms with Crippen molar-refractivity contribution in [2.24, 2.45) is 0 Å². The van der Waals surface area contributed by atoms with Crippen molar-refractivity contribution < 1.29 is 19.7 Å². The van der Waals surface area contributed by atoms with Crippen LogP contribution in [-0.2, 0) is 9.47 Å². The fraction of sp³-hybridized carbons (Fsp3) is 0.462. The lowest BCUT2D eigenvalue weighted by Gasteiger charge is -1.99. The maximum absolute atomic E-state index is 8.56. The first-order valence-corrected chi connectivity index (χ1v) is 10.2. The Balaban J connectivity index is 2.26. The van der Waals surface area contributed by atoms with Gasteiger partial charge in [-0.05, 0) is 37.8 Å². The van der Waals surface area contributed by atoms with Crippen molar-refractivity contribution in [3.05, 3.63) is 35.4 Å². The summed E-state index contributed by atoms with van der Waals surface area (Å²) in [5.41, 5.74) is 1.77. The fourth-order valence-electron chi connectivity index (χ4n) is 2.33. The van der Waals surface area contributed by atoms with Gasteiger partial charge < -0.3 is 19.7 Å². The highest BCUT2D eigenvalue weighted by Crippen LogP contribution is 2.05. The Hall–Kier alpha value is -2.70. The van der Waals surface area contributed by atoms with Crippen LogP contribution in [-0.4, -0.2) is 49.9 Å². The molecule has 0 aliphatic heterocycles. The molecule has 0 bridgehead atoms. The summed E-state index contributed by atoms with van der Waals surface area (Å²) in [5.74, 6) is 23.3. The molecule has 0 aliphatic carbocycles. The number of benzene rings is 1. The monoisotopic (exact) mass is 406 g/mol. The second kappa shape index (κ2) is 19.6. The third-order valence-electron chi connectivity index (χ3n) is 3.81. The summed E-state index contributed by atoms with van der Waals surface area (Å²) in [5, 5.41) is 17.1. The zero-order valence-corrected chi connectivity index (χ0v) is 17.5. The zero-order chi connectivity index (χ0) is 21.5. The number of rotatable bonds is 10. The number of aliphatic hydroxyl groups is 2. The topological polar surface area (TPSA) is 58.9 Å². The van der Waals surface area contributed by atoms with Crippen LogP contribution in [0.25, 0.3) is 0 Å². The molecule has 0 fully saturated rings. The van der Waals surface area contributed by atoms with Crippen LogP contribution in [0.15, 0.2) is 24.3 Å². The minimum atomic E-state index is -0.0757. The predicted octanol–water partition coefficient (Wildman–Crippen LogP) is 2.75. The van der Waals surface area contributed by atoms with Crippen molar-refractivity contribution in [3.8, 4) is 47.4 Å². The lowest BCUT2D eigenvalue weighted by atomic mass is 10.1. The van der Waals surface area contributed by atoms with Crippen LogP contribution in [0.3, 0.4) is 0 Å². The molecule has 1 aromatic rings. The quantitative estimate of drug-likeness (QED) is 0.463. The highest BCUT2D eigenvalue weighted by Gasteiger charge is 1.94. The summed E-state index contributed by atoms with van der Waals surface area (Å²) < 4.78 is 11.0. The summed E-state index contributed by atoms with van der Waals surface area (Å²) in [6.45, 7) is 1.93. The highest BCUT2D eigenvalue weighted by molar-refractivity contribution is 5.50. The molecule has 0 heterocycles. The average Bonchev–Trinajstić information content (AvgIpc) is 2.77. The van der Waals surface area contributed by atoms with E-state index in [1.54, 1.807) is 0 Å². The third kappa shape index (κ3) is 14.3. The van der Waals surface area contributed by atoms with Crippen molar-refractivity contribution >= 4 is 0 Å². The van der Waals surface area contributed by atoms with Gasteiger partial charge in [0.15, 0.2) is 0 Å². The predicted molar refractivity (Wildman–Crippen MR) is 119 cm³/mol. The van der Waals surface area contributed by atoms with E-state index in [2.05, 4.69) is 47.4 Å².